The van der Waals surface area contributed by atoms with E-state index >= 15 is 0 Å². The number of nitrogens with zero attached hydrogens (tertiary/aromatic N) is 2. The third-order valence-electron chi connectivity index (χ3n) is 6.86. The van der Waals surface area contributed by atoms with Crippen LogP contribution in [0.4, 0.5) is 5.69 Å². The quantitative estimate of drug-likeness (QED) is 0.126. The molecule has 0 saturated heterocycles. The second-order valence-electron chi connectivity index (χ2n) is 9.51. The lowest BCUT2D eigenvalue weighted by Gasteiger charge is -2.17. The average molecular weight is 562 g/mol. The van der Waals surface area contributed by atoms with E-state index in [4.69, 9.17) is 24.0 Å². The highest BCUT2D eigenvalue weighted by Gasteiger charge is 2.17. The fourth-order valence-electron chi connectivity index (χ4n) is 4.96. The van der Waals surface area contributed by atoms with Crippen molar-refractivity contribution in [3.8, 4) is 23.0 Å². The highest BCUT2D eigenvalue weighted by atomic mass is 16.5. The smallest absolute Gasteiger partial charge is 0.203 e. The van der Waals surface area contributed by atoms with Crippen LogP contribution < -0.4 is 24.4 Å². The Kier molecular flexibility index (Phi) is 9.19. The van der Waals surface area contributed by atoms with Gasteiger partial charge in [0, 0.05) is 28.9 Å². The van der Waals surface area contributed by atoms with Crippen LogP contribution in [0.25, 0.3) is 10.8 Å². The van der Waals surface area contributed by atoms with Crippen LogP contribution in [-0.2, 0) is 6.42 Å². The second-order valence-corrected chi connectivity index (χ2v) is 9.51. The van der Waals surface area contributed by atoms with Crippen molar-refractivity contribution in [2.24, 2.45) is 5.10 Å². The minimum Gasteiger partial charge on any atom is -0.493 e. The Morgan fingerprint density at radius 1 is 0.714 bits per heavy atom. The van der Waals surface area contributed by atoms with Gasteiger partial charge < -0.3 is 18.9 Å². The lowest BCUT2D eigenvalue weighted by molar-refractivity contribution is 0.288. The zero-order chi connectivity index (χ0) is 29.3. The summed E-state index contributed by atoms with van der Waals surface area (Å²) in [5, 5.41) is 6.88. The van der Waals surface area contributed by atoms with Gasteiger partial charge in [-0.3, -0.25) is 10.4 Å². The highest BCUT2D eigenvalue weighted by molar-refractivity contribution is 6.13. The Labute approximate surface area is 246 Å². The Balaban J connectivity index is 1.58. The molecule has 1 heterocycles. The van der Waals surface area contributed by atoms with Crippen molar-refractivity contribution in [3.63, 3.8) is 0 Å². The fourth-order valence-corrected chi connectivity index (χ4v) is 4.96. The van der Waals surface area contributed by atoms with Crippen LogP contribution in [0.3, 0.4) is 0 Å². The summed E-state index contributed by atoms with van der Waals surface area (Å²) in [6.07, 6.45) is 4.35. The van der Waals surface area contributed by atoms with Gasteiger partial charge in [0.05, 0.1) is 33.1 Å². The number of hydrogen-bond donors (Lipinski definition) is 1. The standard InChI is InChI=1S/C35H35N3O4/c1-5-41-30-18-17-28-27(19-24-20-31(39-3)35(42-6-2)32(21-24)40-4)22-36-23-29(28)34(30)38-37-33(25-13-9-7-10-14-25)26-15-11-8-12-16-26/h7-18,20-23,38H,5-6,19H2,1-4H3. The van der Waals surface area contributed by atoms with E-state index in [0.717, 1.165) is 44.4 Å². The largest absolute Gasteiger partial charge is 0.493 e. The van der Waals surface area contributed by atoms with Gasteiger partial charge in [0.25, 0.3) is 0 Å². The maximum Gasteiger partial charge on any atom is 0.203 e. The predicted octanol–water partition coefficient (Wildman–Crippen LogP) is 7.50. The zero-order valence-corrected chi connectivity index (χ0v) is 24.4. The summed E-state index contributed by atoms with van der Waals surface area (Å²) < 4.78 is 23.1. The van der Waals surface area contributed by atoms with Crippen LogP contribution in [0, 0.1) is 0 Å². The molecule has 42 heavy (non-hydrogen) atoms. The first-order valence-corrected chi connectivity index (χ1v) is 14.0. The lowest BCUT2D eigenvalue weighted by Crippen LogP contribution is -2.07. The van der Waals surface area contributed by atoms with Crippen LogP contribution in [0.15, 0.2) is 102 Å². The van der Waals surface area contributed by atoms with Crippen LogP contribution in [0.1, 0.15) is 36.1 Å². The van der Waals surface area contributed by atoms with Crippen molar-refractivity contribution >= 4 is 22.2 Å². The molecule has 7 heteroatoms. The van der Waals surface area contributed by atoms with Gasteiger partial charge in [-0.2, -0.15) is 5.10 Å². The Morgan fingerprint density at radius 2 is 1.33 bits per heavy atom. The molecular formula is C35H35N3O4. The summed E-state index contributed by atoms with van der Waals surface area (Å²) >= 11 is 0. The number of methoxy groups -OCH3 is 2. The number of pyridine rings is 1. The monoisotopic (exact) mass is 561 g/mol. The SMILES string of the molecule is CCOc1ccc2c(Cc3cc(OC)c(OCC)c(OC)c3)cncc2c1NN=C(c1ccccc1)c1ccccc1. The van der Waals surface area contributed by atoms with Crippen molar-refractivity contribution < 1.29 is 18.9 Å². The maximum atomic E-state index is 6.04. The van der Waals surface area contributed by atoms with Crippen molar-refractivity contribution in [1.82, 2.24) is 4.98 Å². The first-order chi connectivity index (χ1) is 20.7. The third kappa shape index (κ3) is 6.15. The van der Waals surface area contributed by atoms with E-state index in [9.17, 15) is 0 Å². The van der Waals surface area contributed by atoms with Crippen molar-refractivity contribution in [1.29, 1.82) is 0 Å². The van der Waals surface area contributed by atoms with Crippen molar-refractivity contribution in [2.45, 2.75) is 20.3 Å². The topological polar surface area (TPSA) is 74.2 Å². The molecule has 1 N–H and O–H groups in total. The lowest BCUT2D eigenvalue weighted by atomic mass is 9.99. The van der Waals surface area contributed by atoms with E-state index in [1.807, 2.05) is 80.8 Å². The molecule has 0 amide bonds. The second kappa shape index (κ2) is 13.5. The summed E-state index contributed by atoms with van der Waals surface area (Å²) in [5.41, 5.74) is 9.01. The van der Waals surface area contributed by atoms with Gasteiger partial charge in [0.2, 0.25) is 5.75 Å². The van der Waals surface area contributed by atoms with Crippen LogP contribution in [-0.4, -0.2) is 38.1 Å². The number of rotatable bonds is 12. The minimum atomic E-state index is 0.510. The van der Waals surface area contributed by atoms with Gasteiger partial charge in [0.15, 0.2) is 11.5 Å². The summed E-state index contributed by atoms with van der Waals surface area (Å²) in [6.45, 7) is 4.93. The maximum absolute atomic E-state index is 6.04. The van der Waals surface area contributed by atoms with E-state index in [0.29, 0.717) is 42.6 Å². The molecule has 0 saturated carbocycles. The molecule has 0 aliphatic rings. The van der Waals surface area contributed by atoms with Crippen LogP contribution in [0.5, 0.6) is 23.0 Å². The first kappa shape index (κ1) is 28.5. The molecule has 0 atom stereocenters. The van der Waals surface area contributed by atoms with Crippen LogP contribution in [0.2, 0.25) is 0 Å². The summed E-state index contributed by atoms with van der Waals surface area (Å²) in [5.74, 6) is 2.56. The van der Waals surface area contributed by atoms with Crippen LogP contribution >= 0.6 is 0 Å². The number of aromatic nitrogens is 1. The first-order valence-electron chi connectivity index (χ1n) is 14.0. The normalized spacial score (nSPS) is 10.7. The molecule has 214 valence electrons. The average Bonchev–Trinajstić information content (AvgIpc) is 3.03. The highest BCUT2D eigenvalue weighted by Crippen LogP contribution is 2.40. The fraction of sp³-hybridized carbons (Fsp3) is 0.200. The number of hydrazone groups is 1. The number of benzene rings is 4. The number of nitrogens with one attached hydrogen (secondary N) is 1. The van der Waals surface area contributed by atoms with E-state index < -0.39 is 0 Å². The molecule has 0 radical (unpaired) electrons. The van der Waals surface area contributed by atoms with Gasteiger partial charge in [-0.25, -0.2) is 0 Å². The number of anilines is 1. The third-order valence-corrected chi connectivity index (χ3v) is 6.86. The van der Waals surface area contributed by atoms with Gasteiger partial charge in [-0.15, -0.1) is 0 Å². The zero-order valence-electron chi connectivity index (χ0n) is 24.4. The van der Waals surface area contributed by atoms with Crippen molar-refractivity contribution in [2.75, 3.05) is 32.9 Å². The molecule has 0 aliphatic carbocycles. The van der Waals surface area contributed by atoms with Gasteiger partial charge in [-0.05, 0) is 55.0 Å². The molecule has 5 rings (SSSR count). The van der Waals surface area contributed by atoms with Crippen molar-refractivity contribution in [3.05, 3.63) is 120 Å². The van der Waals surface area contributed by atoms with E-state index in [1.165, 1.54) is 0 Å². The predicted molar refractivity (Wildman–Crippen MR) is 169 cm³/mol. The van der Waals surface area contributed by atoms with Gasteiger partial charge >= 0.3 is 0 Å². The molecule has 7 nitrogen and oxygen atoms in total. The Bertz CT molecular complexity index is 1600. The van der Waals surface area contributed by atoms with E-state index in [2.05, 4.69) is 40.7 Å². The molecule has 0 bridgehead atoms. The summed E-state index contributed by atoms with van der Waals surface area (Å²) in [7, 11) is 3.26. The van der Waals surface area contributed by atoms with Gasteiger partial charge in [-0.1, -0.05) is 66.7 Å². The number of ether oxygens (including phenoxy) is 4. The number of hydrogen-bond acceptors (Lipinski definition) is 7. The number of fused-ring (bicyclic) bond motifs is 1. The van der Waals surface area contributed by atoms with E-state index in [1.54, 1.807) is 14.2 Å². The van der Waals surface area contributed by atoms with Gasteiger partial charge in [0.1, 0.15) is 11.4 Å². The Morgan fingerprint density at radius 3 is 1.90 bits per heavy atom. The molecule has 0 spiro atoms. The summed E-state index contributed by atoms with van der Waals surface area (Å²) in [6, 6.07) is 28.3. The molecule has 1 aromatic heterocycles. The molecule has 5 aromatic rings. The summed E-state index contributed by atoms with van der Waals surface area (Å²) in [4.78, 5) is 4.62. The Hall–Kier alpha value is -5.04. The molecule has 0 fully saturated rings. The minimum absolute atomic E-state index is 0.510. The molecule has 0 aliphatic heterocycles. The molecule has 0 unspecified atom stereocenters. The molecule has 4 aromatic carbocycles. The molecular weight excluding hydrogens is 526 g/mol. The van der Waals surface area contributed by atoms with E-state index in [-0.39, 0.29) is 0 Å².